The summed E-state index contributed by atoms with van der Waals surface area (Å²) in [4.78, 5) is 12.4. The van der Waals surface area contributed by atoms with Gasteiger partial charge in [-0.05, 0) is 44.4 Å². The van der Waals surface area contributed by atoms with E-state index >= 15 is 0 Å². The van der Waals surface area contributed by atoms with Crippen molar-refractivity contribution in [3.63, 3.8) is 0 Å². The molecule has 0 bridgehead atoms. The van der Waals surface area contributed by atoms with Crippen molar-refractivity contribution in [3.8, 4) is 17.4 Å². The SMILES string of the molecule is Cc1cc(/C=C(\C#N)C(=O)OCc2cc(-c3ccccc3)on2)c(C)n1C1CC1. The van der Waals surface area contributed by atoms with Crippen LogP contribution in [-0.2, 0) is 16.1 Å². The summed E-state index contributed by atoms with van der Waals surface area (Å²) < 4.78 is 12.9. The smallest absolute Gasteiger partial charge is 0.349 e. The van der Waals surface area contributed by atoms with Crippen molar-refractivity contribution < 1.29 is 14.1 Å². The number of aryl methyl sites for hydroxylation is 1. The average molecular weight is 387 g/mol. The third kappa shape index (κ3) is 3.99. The average Bonchev–Trinajstić information content (AvgIpc) is 3.37. The Labute approximate surface area is 169 Å². The van der Waals surface area contributed by atoms with Crippen molar-refractivity contribution in [2.24, 2.45) is 0 Å². The first kappa shape index (κ1) is 18.8. The van der Waals surface area contributed by atoms with Crippen LogP contribution < -0.4 is 0 Å². The number of benzene rings is 1. The van der Waals surface area contributed by atoms with Gasteiger partial charge in [-0.3, -0.25) is 0 Å². The topological polar surface area (TPSA) is 81.1 Å². The van der Waals surface area contributed by atoms with Gasteiger partial charge in [0.2, 0.25) is 0 Å². The highest BCUT2D eigenvalue weighted by Crippen LogP contribution is 2.38. The van der Waals surface area contributed by atoms with Crippen LogP contribution in [0, 0.1) is 25.2 Å². The van der Waals surface area contributed by atoms with Crippen molar-refractivity contribution in [3.05, 3.63) is 70.7 Å². The first-order valence-corrected chi connectivity index (χ1v) is 9.55. The zero-order valence-electron chi connectivity index (χ0n) is 16.4. The van der Waals surface area contributed by atoms with Crippen LogP contribution in [0.4, 0.5) is 0 Å². The van der Waals surface area contributed by atoms with E-state index < -0.39 is 5.97 Å². The van der Waals surface area contributed by atoms with Gasteiger partial charge in [-0.25, -0.2) is 4.79 Å². The highest BCUT2D eigenvalue weighted by molar-refractivity contribution is 5.98. The van der Waals surface area contributed by atoms with Crippen molar-refractivity contribution in [1.82, 2.24) is 9.72 Å². The lowest BCUT2D eigenvalue weighted by atomic mass is 10.1. The summed E-state index contributed by atoms with van der Waals surface area (Å²) >= 11 is 0. The Hall–Kier alpha value is -3.59. The zero-order chi connectivity index (χ0) is 20.4. The van der Waals surface area contributed by atoms with Crippen LogP contribution in [0.3, 0.4) is 0 Å². The molecule has 0 radical (unpaired) electrons. The van der Waals surface area contributed by atoms with Crippen molar-refractivity contribution in [2.75, 3.05) is 0 Å². The summed E-state index contributed by atoms with van der Waals surface area (Å²) in [6.45, 7) is 4.00. The minimum Gasteiger partial charge on any atom is -0.455 e. The van der Waals surface area contributed by atoms with E-state index in [-0.39, 0.29) is 12.2 Å². The number of hydrogen-bond acceptors (Lipinski definition) is 5. The molecule has 2 aromatic heterocycles. The van der Waals surface area contributed by atoms with Crippen LogP contribution in [0.2, 0.25) is 0 Å². The number of aromatic nitrogens is 2. The van der Waals surface area contributed by atoms with E-state index in [0.29, 0.717) is 17.5 Å². The van der Waals surface area contributed by atoms with Crippen LogP contribution in [-0.4, -0.2) is 15.7 Å². The predicted molar refractivity (Wildman–Crippen MR) is 108 cm³/mol. The fraction of sp³-hybridized carbons (Fsp3) is 0.261. The van der Waals surface area contributed by atoms with Crippen molar-refractivity contribution >= 4 is 12.0 Å². The van der Waals surface area contributed by atoms with Gasteiger partial charge in [-0.2, -0.15) is 5.26 Å². The van der Waals surface area contributed by atoms with Crippen molar-refractivity contribution in [1.29, 1.82) is 5.26 Å². The molecule has 6 heteroatoms. The van der Waals surface area contributed by atoms with E-state index in [9.17, 15) is 10.1 Å². The third-order valence-electron chi connectivity index (χ3n) is 5.04. The summed E-state index contributed by atoms with van der Waals surface area (Å²) in [6, 6.07) is 15.8. The van der Waals surface area contributed by atoms with E-state index in [1.807, 2.05) is 56.3 Å². The van der Waals surface area contributed by atoms with Crippen LogP contribution in [0.15, 0.2) is 52.6 Å². The molecule has 3 aromatic rings. The zero-order valence-corrected chi connectivity index (χ0v) is 16.4. The minimum atomic E-state index is -0.673. The number of nitriles is 1. The van der Waals surface area contributed by atoms with Gasteiger partial charge in [-0.1, -0.05) is 35.5 Å². The Balaban J connectivity index is 1.45. The Morgan fingerprint density at radius 3 is 2.76 bits per heavy atom. The number of esters is 1. The third-order valence-corrected chi connectivity index (χ3v) is 5.04. The second-order valence-electron chi connectivity index (χ2n) is 7.22. The standard InChI is InChI=1S/C23H21N3O3/c1-15-10-18(16(2)26(15)21-8-9-21)11-19(13-24)23(27)28-14-20-12-22(29-25-20)17-6-4-3-5-7-17/h3-7,10-12,21H,8-9,14H2,1-2H3/b19-11+. The minimum absolute atomic E-state index is 0.0344. The van der Waals surface area contributed by atoms with Gasteiger partial charge in [0, 0.05) is 29.1 Å². The number of nitrogens with zero attached hydrogens (tertiary/aromatic N) is 3. The molecular formula is C23H21N3O3. The maximum atomic E-state index is 12.4. The van der Waals surface area contributed by atoms with Gasteiger partial charge >= 0.3 is 5.97 Å². The van der Waals surface area contributed by atoms with Gasteiger partial charge < -0.3 is 13.8 Å². The van der Waals surface area contributed by atoms with Gasteiger partial charge in [-0.15, -0.1) is 0 Å². The molecule has 1 aliphatic rings. The monoisotopic (exact) mass is 387 g/mol. The lowest BCUT2D eigenvalue weighted by Gasteiger charge is -2.06. The lowest BCUT2D eigenvalue weighted by Crippen LogP contribution is -2.07. The van der Waals surface area contributed by atoms with Crippen molar-refractivity contribution in [2.45, 2.75) is 39.3 Å². The van der Waals surface area contributed by atoms with Gasteiger partial charge in [0.1, 0.15) is 23.9 Å². The molecule has 1 fully saturated rings. The molecule has 2 heterocycles. The van der Waals surface area contributed by atoms with Crippen LogP contribution >= 0.6 is 0 Å². The number of carbonyl (C=O) groups is 1. The quantitative estimate of drug-likeness (QED) is 0.346. The fourth-order valence-electron chi connectivity index (χ4n) is 3.47. The first-order valence-electron chi connectivity index (χ1n) is 9.55. The van der Waals surface area contributed by atoms with Crippen LogP contribution in [0.25, 0.3) is 17.4 Å². The number of rotatable bonds is 6. The Morgan fingerprint density at radius 1 is 1.31 bits per heavy atom. The lowest BCUT2D eigenvalue weighted by molar-refractivity contribution is -0.139. The summed E-state index contributed by atoms with van der Waals surface area (Å²) in [5, 5.41) is 13.4. The highest BCUT2D eigenvalue weighted by atomic mass is 16.5. The maximum Gasteiger partial charge on any atom is 0.349 e. The Bertz CT molecular complexity index is 1110. The Morgan fingerprint density at radius 2 is 2.07 bits per heavy atom. The molecule has 0 aliphatic heterocycles. The summed E-state index contributed by atoms with van der Waals surface area (Å²) in [7, 11) is 0. The molecule has 0 saturated heterocycles. The summed E-state index contributed by atoms with van der Waals surface area (Å²) in [5.41, 5.74) is 4.42. The molecule has 146 valence electrons. The fourth-order valence-corrected chi connectivity index (χ4v) is 3.47. The summed E-state index contributed by atoms with van der Waals surface area (Å²) in [5.74, 6) is -0.0757. The van der Waals surface area contributed by atoms with E-state index in [1.54, 1.807) is 12.1 Å². The van der Waals surface area contributed by atoms with Gasteiger partial charge in [0.25, 0.3) is 0 Å². The molecule has 1 aliphatic carbocycles. The number of ether oxygens (including phenoxy) is 1. The molecule has 6 nitrogen and oxygen atoms in total. The molecule has 0 unspecified atom stereocenters. The molecule has 1 saturated carbocycles. The first-order chi connectivity index (χ1) is 14.1. The molecule has 0 spiro atoms. The van der Waals surface area contributed by atoms with E-state index in [0.717, 1.165) is 22.5 Å². The Kier molecular flexibility index (Phi) is 5.05. The van der Waals surface area contributed by atoms with E-state index in [1.165, 1.54) is 12.8 Å². The maximum absolute atomic E-state index is 12.4. The second kappa shape index (κ2) is 7.80. The molecule has 0 atom stereocenters. The summed E-state index contributed by atoms with van der Waals surface area (Å²) in [6.07, 6.45) is 3.95. The largest absolute Gasteiger partial charge is 0.455 e. The van der Waals surface area contributed by atoms with E-state index in [2.05, 4.69) is 9.72 Å². The van der Waals surface area contributed by atoms with Crippen LogP contribution in [0.5, 0.6) is 0 Å². The molecule has 0 amide bonds. The normalized spacial score (nSPS) is 13.9. The molecule has 29 heavy (non-hydrogen) atoms. The van der Waals surface area contributed by atoms with E-state index in [4.69, 9.17) is 9.26 Å². The van der Waals surface area contributed by atoms with Gasteiger partial charge in [0.15, 0.2) is 5.76 Å². The highest BCUT2D eigenvalue weighted by Gasteiger charge is 2.27. The number of carbonyl (C=O) groups excluding carboxylic acids is 1. The van der Waals surface area contributed by atoms with Gasteiger partial charge in [0.05, 0.1) is 0 Å². The molecule has 0 N–H and O–H groups in total. The number of hydrogen-bond donors (Lipinski definition) is 0. The molecule has 4 rings (SSSR count). The predicted octanol–water partition coefficient (Wildman–Crippen LogP) is 4.75. The second-order valence-corrected chi connectivity index (χ2v) is 7.22. The van der Waals surface area contributed by atoms with Crippen LogP contribution in [0.1, 0.15) is 41.5 Å². The molecule has 1 aromatic carbocycles. The molecular weight excluding hydrogens is 366 g/mol.